The van der Waals surface area contributed by atoms with E-state index in [4.69, 9.17) is 11.6 Å². The van der Waals surface area contributed by atoms with Gasteiger partial charge in [0.2, 0.25) is 0 Å². The Morgan fingerprint density at radius 3 is 2.85 bits per heavy atom. The number of rotatable bonds is 4. The number of aryl methyl sites for hydroxylation is 3. The van der Waals surface area contributed by atoms with Gasteiger partial charge in [0.05, 0.1) is 16.9 Å². The molecule has 0 aliphatic carbocycles. The van der Waals surface area contributed by atoms with E-state index in [0.29, 0.717) is 5.88 Å². The Morgan fingerprint density at radius 1 is 1.20 bits per heavy atom. The minimum Gasteiger partial charge on any atom is -0.327 e. The maximum Gasteiger partial charge on any atom is 0.124 e. The number of halogens is 1. The summed E-state index contributed by atoms with van der Waals surface area (Å²) in [6, 6.07) is 12.3. The molecule has 0 saturated heterocycles. The second-order valence-corrected chi connectivity index (χ2v) is 5.14. The number of benzene rings is 1. The summed E-state index contributed by atoms with van der Waals surface area (Å²) in [7, 11) is 0. The molecule has 2 heterocycles. The number of hydrogen-bond acceptors (Lipinski definition) is 2. The topological polar surface area (TPSA) is 30.7 Å². The second kappa shape index (κ2) is 5.63. The summed E-state index contributed by atoms with van der Waals surface area (Å²) in [6.07, 6.45) is 2.71. The van der Waals surface area contributed by atoms with Crippen molar-refractivity contribution in [2.45, 2.75) is 25.8 Å². The molecule has 0 aliphatic rings. The Kier molecular flexibility index (Phi) is 3.70. The third-order valence-electron chi connectivity index (χ3n) is 3.42. The van der Waals surface area contributed by atoms with Gasteiger partial charge in [-0.25, -0.2) is 4.98 Å². The van der Waals surface area contributed by atoms with Crippen LogP contribution in [-0.4, -0.2) is 14.5 Å². The van der Waals surface area contributed by atoms with Gasteiger partial charge in [-0.2, -0.15) is 0 Å². The molecule has 0 aliphatic heterocycles. The quantitative estimate of drug-likeness (QED) is 0.684. The van der Waals surface area contributed by atoms with Crippen molar-refractivity contribution in [2.75, 3.05) is 0 Å². The van der Waals surface area contributed by atoms with Crippen molar-refractivity contribution < 1.29 is 0 Å². The first-order chi connectivity index (χ1) is 9.78. The lowest BCUT2D eigenvalue weighted by Gasteiger charge is -2.07. The molecule has 0 spiro atoms. The summed E-state index contributed by atoms with van der Waals surface area (Å²) in [5.41, 5.74) is 4.46. The van der Waals surface area contributed by atoms with Gasteiger partial charge in [0.15, 0.2) is 0 Å². The molecule has 0 fully saturated rings. The van der Waals surface area contributed by atoms with E-state index in [0.717, 1.165) is 35.5 Å². The number of fused-ring (bicyclic) bond motifs is 1. The fourth-order valence-corrected chi connectivity index (χ4v) is 2.62. The predicted molar refractivity (Wildman–Crippen MR) is 82.0 cm³/mol. The van der Waals surface area contributed by atoms with Crippen LogP contribution >= 0.6 is 11.6 Å². The van der Waals surface area contributed by atoms with Crippen molar-refractivity contribution in [1.29, 1.82) is 0 Å². The number of alkyl halides is 1. The molecule has 0 N–H and O–H groups in total. The molecule has 0 saturated carbocycles. The van der Waals surface area contributed by atoms with Crippen molar-refractivity contribution in [3.8, 4) is 0 Å². The third-order valence-corrected chi connectivity index (χ3v) is 3.66. The molecular weight excluding hydrogens is 270 g/mol. The zero-order valence-corrected chi connectivity index (χ0v) is 12.1. The van der Waals surface area contributed by atoms with Crippen LogP contribution in [0.2, 0.25) is 0 Å². The van der Waals surface area contributed by atoms with Gasteiger partial charge in [-0.15, -0.1) is 11.6 Å². The monoisotopic (exact) mass is 285 g/mol. The molecule has 4 heteroatoms. The van der Waals surface area contributed by atoms with Crippen LogP contribution in [0, 0.1) is 6.92 Å². The van der Waals surface area contributed by atoms with Gasteiger partial charge in [0.25, 0.3) is 0 Å². The largest absolute Gasteiger partial charge is 0.327 e. The predicted octanol–water partition coefficient (Wildman–Crippen LogP) is 3.72. The first-order valence-corrected chi connectivity index (χ1v) is 7.23. The van der Waals surface area contributed by atoms with Crippen LogP contribution in [0.1, 0.15) is 17.1 Å². The minimum absolute atomic E-state index is 0.427. The van der Waals surface area contributed by atoms with Crippen LogP contribution in [0.15, 0.2) is 42.6 Å². The molecule has 0 unspecified atom stereocenters. The maximum atomic E-state index is 6.03. The average molecular weight is 286 g/mol. The summed E-state index contributed by atoms with van der Waals surface area (Å²) in [4.78, 5) is 8.98. The number of hydrogen-bond donors (Lipinski definition) is 0. The molecular formula is C16H16ClN3. The number of imidazole rings is 1. The minimum atomic E-state index is 0.427. The van der Waals surface area contributed by atoms with E-state index in [1.807, 2.05) is 24.4 Å². The van der Waals surface area contributed by atoms with E-state index in [-0.39, 0.29) is 0 Å². The molecule has 3 rings (SSSR count). The SMILES string of the molecule is Cc1ccc2c(c1)nc(CCl)n2CCc1ccccn1. The molecule has 3 aromatic rings. The first kappa shape index (κ1) is 13.1. The molecule has 1 aromatic carbocycles. The van der Waals surface area contributed by atoms with Crippen LogP contribution in [0.25, 0.3) is 11.0 Å². The summed E-state index contributed by atoms with van der Waals surface area (Å²) < 4.78 is 2.19. The molecule has 2 aromatic heterocycles. The van der Waals surface area contributed by atoms with E-state index in [1.54, 1.807) is 0 Å². The lowest BCUT2D eigenvalue weighted by Crippen LogP contribution is -2.05. The summed E-state index contributed by atoms with van der Waals surface area (Å²) in [6.45, 7) is 2.92. The van der Waals surface area contributed by atoms with Crippen molar-refractivity contribution in [3.63, 3.8) is 0 Å². The van der Waals surface area contributed by atoms with Gasteiger partial charge in [0.1, 0.15) is 5.82 Å². The smallest absolute Gasteiger partial charge is 0.124 e. The Balaban J connectivity index is 1.93. The molecule has 0 radical (unpaired) electrons. The molecule has 20 heavy (non-hydrogen) atoms. The van der Waals surface area contributed by atoms with Crippen LogP contribution in [0.4, 0.5) is 0 Å². The van der Waals surface area contributed by atoms with Crippen molar-refractivity contribution in [2.24, 2.45) is 0 Å². The Morgan fingerprint density at radius 2 is 2.10 bits per heavy atom. The normalized spacial score (nSPS) is 11.1. The summed E-state index contributed by atoms with van der Waals surface area (Å²) in [5.74, 6) is 1.35. The van der Waals surface area contributed by atoms with Gasteiger partial charge < -0.3 is 4.57 Å². The van der Waals surface area contributed by atoms with Gasteiger partial charge in [-0.3, -0.25) is 4.98 Å². The number of aromatic nitrogens is 3. The number of pyridine rings is 1. The highest BCUT2D eigenvalue weighted by atomic mass is 35.5. The fourth-order valence-electron chi connectivity index (χ4n) is 2.41. The van der Waals surface area contributed by atoms with Gasteiger partial charge in [0, 0.05) is 24.9 Å². The molecule has 0 atom stereocenters. The maximum absolute atomic E-state index is 6.03. The Bertz CT molecular complexity index is 719. The van der Waals surface area contributed by atoms with Gasteiger partial charge in [-0.1, -0.05) is 12.1 Å². The van der Waals surface area contributed by atoms with Crippen molar-refractivity contribution >= 4 is 22.6 Å². The van der Waals surface area contributed by atoms with Crippen LogP contribution in [0.5, 0.6) is 0 Å². The molecule has 0 amide bonds. The van der Waals surface area contributed by atoms with Crippen LogP contribution in [-0.2, 0) is 18.8 Å². The van der Waals surface area contributed by atoms with E-state index in [2.05, 4.69) is 39.7 Å². The summed E-state index contributed by atoms with van der Waals surface area (Å²) in [5, 5.41) is 0. The average Bonchev–Trinajstić information content (AvgIpc) is 2.83. The zero-order valence-electron chi connectivity index (χ0n) is 11.4. The van der Waals surface area contributed by atoms with E-state index >= 15 is 0 Å². The highest BCUT2D eigenvalue weighted by Gasteiger charge is 2.10. The van der Waals surface area contributed by atoms with Crippen molar-refractivity contribution in [3.05, 3.63) is 59.7 Å². The second-order valence-electron chi connectivity index (χ2n) is 4.88. The van der Waals surface area contributed by atoms with Crippen LogP contribution in [0.3, 0.4) is 0 Å². The lowest BCUT2D eigenvalue weighted by molar-refractivity contribution is 0.678. The van der Waals surface area contributed by atoms with Gasteiger partial charge in [-0.05, 0) is 36.8 Å². The first-order valence-electron chi connectivity index (χ1n) is 6.69. The van der Waals surface area contributed by atoms with Crippen molar-refractivity contribution in [1.82, 2.24) is 14.5 Å². The van der Waals surface area contributed by atoms with E-state index in [1.165, 1.54) is 5.56 Å². The zero-order chi connectivity index (χ0) is 13.9. The summed E-state index contributed by atoms with van der Waals surface area (Å²) >= 11 is 6.03. The molecule has 0 bridgehead atoms. The third kappa shape index (κ3) is 2.54. The Hall–Kier alpha value is -1.87. The van der Waals surface area contributed by atoms with E-state index in [9.17, 15) is 0 Å². The lowest BCUT2D eigenvalue weighted by atomic mass is 10.2. The molecule has 102 valence electrons. The van der Waals surface area contributed by atoms with E-state index < -0.39 is 0 Å². The van der Waals surface area contributed by atoms with Crippen LogP contribution < -0.4 is 0 Å². The standard InChI is InChI=1S/C16H16ClN3/c1-12-5-6-15-14(10-12)19-16(11-17)20(15)9-7-13-4-2-3-8-18-13/h2-6,8,10H,7,9,11H2,1H3. The van der Waals surface area contributed by atoms with Gasteiger partial charge >= 0.3 is 0 Å². The molecule has 3 nitrogen and oxygen atoms in total. The highest BCUT2D eigenvalue weighted by Crippen LogP contribution is 2.19. The fraction of sp³-hybridized carbons (Fsp3) is 0.250. The highest BCUT2D eigenvalue weighted by molar-refractivity contribution is 6.16. The Labute approximate surface area is 123 Å². The number of nitrogens with zero attached hydrogens (tertiary/aromatic N) is 3.